The van der Waals surface area contributed by atoms with Crippen molar-refractivity contribution in [3.05, 3.63) is 64.4 Å². The smallest absolute Gasteiger partial charge is 0.223 e. The van der Waals surface area contributed by atoms with Gasteiger partial charge in [0, 0.05) is 29.7 Å². The molecule has 0 bridgehead atoms. The minimum atomic E-state index is 0.0295. The number of anilines is 2. The Labute approximate surface area is 187 Å². The molecule has 1 aliphatic heterocycles. The van der Waals surface area contributed by atoms with E-state index >= 15 is 0 Å². The van der Waals surface area contributed by atoms with Gasteiger partial charge in [-0.25, -0.2) is 4.98 Å². The molecule has 0 unspecified atom stereocenters. The van der Waals surface area contributed by atoms with E-state index in [2.05, 4.69) is 16.4 Å². The van der Waals surface area contributed by atoms with Crippen molar-refractivity contribution >= 4 is 28.1 Å². The number of carbonyl (C=O) groups excluding carboxylic acids is 1. The molecule has 0 spiro atoms. The van der Waals surface area contributed by atoms with E-state index in [-0.39, 0.29) is 11.9 Å². The molecular weight excluding hydrogens is 408 g/mol. The van der Waals surface area contributed by atoms with Gasteiger partial charge in [-0.2, -0.15) is 0 Å². The monoisotopic (exact) mass is 436 g/mol. The van der Waals surface area contributed by atoms with Crippen LogP contribution in [0.4, 0.5) is 10.8 Å². The van der Waals surface area contributed by atoms with E-state index in [1.165, 1.54) is 0 Å². The molecule has 1 N–H and O–H groups in total. The van der Waals surface area contributed by atoms with Gasteiger partial charge in [0.15, 0.2) is 5.13 Å². The third-order valence-corrected chi connectivity index (χ3v) is 6.42. The molecule has 31 heavy (non-hydrogen) atoms. The van der Waals surface area contributed by atoms with Crippen molar-refractivity contribution in [2.24, 2.45) is 0 Å². The average Bonchev–Trinajstić information content (AvgIpc) is 3.41. The Hall–Kier alpha value is -2.93. The van der Waals surface area contributed by atoms with Gasteiger partial charge in [0.25, 0.3) is 0 Å². The second kappa shape index (κ2) is 9.47. The molecule has 0 aliphatic carbocycles. The number of hydrogen-bond donors (Lipinski definition) is 1. The molecule has 0 radical (unpaired) electrons. The molecule has 0 saturated carbocycles. The Bertz CT molecular complexity index is 1050. The second-order valence-corrected chi connectivity index (χ2v) is 8.79. The summed E-state index contributed by atoms with van der Waals surface area (Å²) >= 11 is 1.59. The Morgan fingerprint density at radius 3 is 2.71 bits per heavy atom. The summed E-state index contributed by atoms with van der Waals surface area (Å²) in [6.45, 7) is 4.77. The van der Waals surface area contributed by atoms with Gasteiger partial charge < -0.3 is 15.0 Å². The lowest BCUT2D eigenvalue weighted by molar-refractivity contribution is -0.132. The predicted molar refractivity (Wildman–Crippen MR) is 124 cm³/mol. The van der Waals surface area contributed by atoms with Crippen LogP contribution in [0, 0.1) is 13.8 Å². The Kier molecular flexibility index (Phi) is 6.51. The molecule has 2 aromatic heterocycles. The van der Waals surface area contributed by atoms with Crippen molar-refractivity contribution in [3.63, 3.8) is 0 Å². The number of amides is 1. The van der Waals surface area contributed by atoms with Gasteiger partial charge in [0.05, 0.1) is 24.5 Å². The molecule has 1 fully saturated rings. The van der Waals surface area contributed by atoms with Crippen LogP contribution in [0.3, 0.4) is 0 Å². The minimum absolute atomic E-state index is 0.0295. The quantitative estimate of drug-likeness (QED) is 0.551. The van der Waals surface area contributed by atoms with E-state index < -0.39 is 0 Å². The molecule has 1 aromatic carbocycles. The van der Waals surface area contributed by atoms with Crippen molar-refractivity contribution in [2.45, 2.75) is 45.6 Å². The first-order chi connectivity index (χ1) is 15.0. The highest BCUT2D eigenvalue weighted by Crippen LogP contribution is 2.33. The maximum absolute atomic E-state index is 13.0. The third-order valence-electron chi connectivity index (χ3n) is 5.54. The summed E-state index contributed by atoms with van der Waals surface area (Å²) in [6.07, 6.45) is 3.17. The standard InChI is InChI=1S/C24H28N4O2S/c1-16-13-19(27-24-26-17(2)15-31-24)14-21(25-16)22-5-4-12-28(22)23(29)11-8-18-6-9-20(30-3)10-7-18/h6-7,9-10,13-15,22H,4-5,8,11-12H2,1-3H3,(H,25,26,27)/t22-/m1/s1. The number of likely N-dealkylation sites (tertiary alicyclic amines) is 1. The van der Waals surface area contributed by atoms with Crippen LogP contribution in [-0.4, -0.2) is 34.4 Å². The first kappa shape index (κ1) is 21.3. The SMILES string of the molecule is COc1ccc(CCC(=O)N2CCC[C@@H]2c2cc(Nc3nc(C)cs3)cc(C)n2)cc1. The Morgan fingerprint density at radius 2 is 2.00 bits per heavy atom. The highest BCUT2D eigenvalue weighted by molar-refractivity contribution is 7.13. The van der Waals surface area contributed by atoms with Crippen LogP contribution in [0.2, 0.25) is 0 Å². The van der Waals surface area contributed by atoms with Gasteiger partial charge in [-0.05, 0) is 62.9 Å². The molecule has 4 rings (SSSR count). The van der Waals surface area contributed by atoms with Gasteiger partial charge in [0.1, 0.15) is 5.75 Å². The summed E-state index contributed by atoms with van der Waals surface area (Å²) in [4.78, 5) is 24.3. The first-order valence-electron chi connectivity index (χ1n) is 10.6. The number of nitrogens with one attached hydrogen (secondary N) is 1. The second-order valence-electron chi connectivity index (χ2n) is 7.93. The number of carbonyl (C=O) groups is 1. The van der Waals surface area contributed by atoms with Crippen molar-refractivity contribution in [1.82, 2.24) is 14.9 Å². The van der Waals surface area contributed by atoms with Gasteiger partial charge in [0.2, 0.25) is 5.91 Å². The first-order valence-corrected chi connectivity index (χ1v) is 11.5. The highest BCUT2D eigenvalue weighted by Gasteiger charge is 2.31. The summed E-state index contributed by atoms with van der Waals surface area (Å²) in [5.74, 6) is 1.02. The van der Waals surface area contributed by atoms with Crippen LogP contribution in [0.1, 0.15) is 47.9 Å². The minimum Gasteiger partial charge on any atom is -0.497 e. The largest absolute Gasteiger partial charge is 0.497 e. The van der Waals surface area contributed by atoms with Crippen LogP contribution < -0.4 is 10.1 Å². The van der Waals surface area contributed by atoms with E-state index in [1.807, 2.05) is 54.5 Å². The molecule has 7 heteroatoms. The number of ether oxygens (including phenoxy) is 1. The number of aromatic nitrogens is 2. The molecule has 1 saturated heterocycles. The fourth-order valence-electron chi connectivity index (χ4n) is 4.03. The van der Waals surface area contributed by atoms with Crippen LogP contribution in [0.15, 0.2) is 41.8 Å². The fourth-order valence-corrected chi connectivity index (χ4v) is 4.74. The molecule has 1 aliphatic rings. The summed E-state index contributed by atoms with van der Waals surface area (Å²) in [5.41, 5.74) is 5.00. The summed E-state index contributed by atoms with van der Waals surface area (Å²) < 4.78 is 5.21. The van der Waals surface area contributed by atoms with Crippen LogP contribution in [0.25, 0.3) is 0 Å². The third kappa shape index (κ3) is 5.22. The van der Waals surface area contributed by atoms with Crippen LogP contribution >= 0.6 is 11.3 Å². The molecule has 1 amide bonds. The van der Waals surface area contributed by atoms with Crippen molar-refractivity contribution in [2.75, 3.05) is 19.0 Å². The zero-order chi connectivity index (χ0) is 21.8. The number of hydrogen-bond acceptors (Lipinski definition) is 6. The van der Waals surface area contributed by atoms with Gasteiger partial charge in [-0.1, -0.05) is 12.1 Å². The van der Waals surface area contributed by atoms with Crippen molar-refractivity contribution in [1.29, 1.82) is 0 Å². The van der Waals surface area contributed by atoms with E-state index in [0.717, 1.165) is 65.0 Å². The summed E-state index contributed by atoms with van der Waals surface area (Å²) in [7, 11) is 1.66. The molecule has 3 aromatic rings. The van der Waals surface area contributed by atoms with Crippen molar-refractivity contribution in [3.8, 4) is 5.75 Å². The number of benzene rings is 1. The molecule has 1 atom stereocenters. The molecular formula is C24H28N4O2S. The molecule has 6 nitrogen and oxygen atoms in total. The zero-order valence-electron chi connectivity index (χ0n) is 18.2. The fraction of sp³-hybridized carbons (Fsp3) is 0.375. The predicted octanol–water partition coefficient (Wildman–Crippen LogP) is 5.20. The molecule has 162 valence electrons. The summed E-state index contributed by atoms with van der Waals surface area (Å²) in [5, 5.41) is 6.28. The average molecular weight is 437 g/mol. The Morgan fingerprint density at radius 1 is 1.19 bits per heavy atom. The topological polar surface area (TPSA) is 67.3 Å². The Balaban J connectivity index is 1.45. The number of thiazole rings is 1. The maximum atomic E-state index is 13.0. The highest BCUT2D eigenvalue weighted by atomic mass is 32.1. The van der Waals surface area contributed by atoms with Crippen LogP contribution in [-0.2, 0) is 11.2 Å². The van der Waals surface area contributed by atoms with Gasteiger partial charge >= 0.3 is 0 Å². The maximum Gasteiger partial charge on any atom is 0.223 e. The van der Waals surface area contributed by atoms with E-state index in [1.54, 1.807) is 18.4 Å². The lowest BCUT2D eigenvalue weighted by atomic mass is 10.1. The summed E-state index contributed by atoms with van der Waals surface area (Å²) in [6, 6.07) is 12.0. The van der Waals surface area contributed by atoms with Gasteiger partial charge in [-0.3, -0.25) is 9.78 Å². The molecule has 3 heterocycles. The van der Waals surface area contributed by atoms with Crippen LogP contribution in [0.5, 0.6) is 5.75 Å². The van der Waals surface area contributed by atoms with E-state index in [4.69, 9.17) is 9.72 Å². The number of methoxy groups -OCH3 is 1. The zero-order valence-corrected chi connectivity index (χ0v) is 19.0. The van der Waals surface area contributed by atoms with E-state index in [9.17, 15) is 4.79 Å². The number of nitrogens with zero attached hydrogens (tertiary/aromatic N) is 3. The number of rotatable bonds is 7. The van der Waals surface area contributed by atoms with Gasteiger partial charge in [-0.15, -0.1) is 11.3 Å². The van der Waals surface area contributed by atoms with E-state index in [0.29, 0.717) is 6.42 Å². The lowest BCUT2D eigenvalue weighted by Crippen LogP contribution is -2.31. The van der Waals surface area contributed by atoms with Crippen molar-refractivity contribution < 1.29 is 9.53 Å². The lowest BCUT2D eigenvalue weighted by Gasteiger charge is -2.25. The normalized spacial score (nSPS) is 15.8. The number of aryl methyl sites for hydroxylation is 3. The number of pyridine rings is 1.